The summed E-state index contributed by atoms with van der Waals surface area (Å²) in [5, 5.41) is 19.1. The number of nitro groups is 1. The molecule has 34 heavy (non-hydrogen) atoms. The van der Waals surface area contributed by atoms with E-state index in [0.717, 1.165) is 16.8 Å². The van der Waals surface area contributed by atoms with E-state index in [-0.39, 0.29) is 11.6 Å². The van der Waals surface area contributed by atoms with Crippen molar-refractivity contribution in [3.63, 3.8) is 0 Å². The van der Waals surface area contributed by atoms with Gasteiger partial charge in [-0.3, -0.25) is 14.9 Å². The van der Waals surface area contributed by atoms with E-state index in [9.17, 15) is 14.9 Å². The van der Waals surface area contributed by atoms with Gasteiger partial charge in [-0.25, -0.2) is 0 Å². The molecule has 0 atom stereocenters. The van der Waals surface area contributed by atoms with E-state index in [4.69, 9.17) is 4.42 Å². The highest BCUT2D eigenvalue weighted by Gasteiger charge is 2.23. The number of anilines is 1. The van der Waals surface area contributed by atoms with Gasteiger partial charge in [0.25, 0.3) is 11.6 Å². The normalized spacial score (nSPS) is 13.6. The number of benzene rings is 3. The summed E-state index contributed by atoms with van der Waals surface area (Å²) in [6, 6.07) is 23.2. The maximum Gasteiger partial charge on any atom is 0.269 e. The maximum absolute atomic E-state index is 13.0. The standard InChI is InChI=1S/C25H21N5O4/c31-25(29-16-14-28(15-17-29)21-10-12-22(13-11-21)30(32)33)20-8-6-19(7-9-20)24-27-26-23(34-24)18-4-2-1-3-5-18/h1-13H,14-17H2. The minimum atomic E-state index is -0.410. The number of amides is 1. The molecule has 0 aliphatic carbocycles. The molecule has 9 heteroatoms. The molecule has 1 aromatic heterocycles. The number of rotatable bonds is 5. The van der Waals surface area contributed by atoms with Crippen LogP contribution < -0.4 is 4.90 Å². The summed E-state index contributed by atoms with van der Waals surface area (Å²) >= 11 is 0. The van der Waals surface area contributed by atoms with E-state index in [1.54, 1.807) is 24.3 Å². The van der Waals surface area contributed by atoms with Gasteiger partial charge in [0, 0.05) is 60.7 Å². The van der Waals surface area contributed by atoms with E-state index >= 15 is 0 Å². The average molecular weight is 455 g/mol. The third kappa shape index (κ3) is 4.36. The lowest BCUT2D eigenvalue weighted by atomic mass is 10.1. The molecule has 0 N–H and O–H groups in total. The third-order valence-corrected chi connectivity index (χ3v) is 5.82. The molecule has 1 saturated heterocycles. The molecular weight excluding hydrogens is 434 g/mol. The van der Waals surface area contributed by atoms with E-state index in [1.807, 2.05) is 47.4 Å². The Labute approximate surface area is 195 Å². The van der Waals surface area contributed by atoms with Gasteiger partial charge in [0.1, 0.15) is 0 Å². The first-order chi connectivity index (χ1) is 16.6. The third-order valence-electron chi connectivity index (χ3n) is 5.82. The summed E-state index contributed by atoms with van der Waals surface area (Å²) in [5.41, 5.74) is 3.17. The first kappa shape index (κ1) is 21.3. The number of carbonyl (C=O) groups excluding carboxylic acids is 1. The van der Waals surface area contributed by atoms with Gasteiger partial charge in [-0.2, -0.15) is 0 Å². The van der Waals surface area contributed by atoms with Crippen molar-refractivity contribution in [1.29, 1.82) is 0 Å². The molecule has 1 aliphatic heterocycles. The Kier molecular flexibility index (Phi) is 5.73. The highest BCUT2D eigenvalue weighted by molar-refractivity contribution is 5.94. The number of hydrogen-bond donors (Lipinski definition) is 0. The largest absolute Gasteiger partial charge is 0.416 e. The number of nitro benzene ring substituents is 1. The van der Waals surface area contributed by atoms with Crippen LogP contribution in [0.4, 0.5) is 11.4 Å². The molecule has 0 radical (unpaired) electrons. The summed E-state index contributed by atoms with van der Waals surface area (Å²) in [4.78, 5) is 27.3. The van der Waals surface area contributed by atoms with Crippen LogP contribution in [-0.2, 0) is 0 Å². The number of non-ortho nitro benzene ring substituents is 1. The SMILES string of the molecule is O=C(c1ccc(-c2nnc(-c3ccccc3)o2)cc1)N1CCN(c2ccc([N+](=O)[O-])cc2)CC1. The van der Waals surface area contributed by atoms with Crippen molar-refractivity contribution < 1.29 is 14.1 Å². The van der Waals surface area contributed by atoms with Crippen molar-refractivity contribution in [3.05, 3.63) is 94.5 Å². The molecule has 3 aromatic carbocycles. The minimum Gasteiger partial charge on any atom is -0.416 e. The maximum atomic E-state index is 13.0. The number of nitrogens with zero attached hydrogens (tertiary/aromatic N) is 5. The molecule has 0 spiro atoms. The zero-order chi connectivity index (χ0) is 23.5. The van der Waals surface area contributed by atoms with E-state index in [1.165, 1.54) is 12.1 Å². The molecule has 0 unspecified atom stereocenters. The van der Waals surface area contributed by atoms with E-state index in [0.29, 0.717) is 43.5 Å². The molecule has 9 nitrogen and oxygen atoms in total. The fourth-order valence-electron chi connectivity index (χ4n) is 3.93. The molecule has 1 fully saturated rings. The van der Waals surface area contributed by atoms with Crippen LogP contribution in [0.2, 0.25) is 0 Å². The van der Waals surface area contributed by atoms with Crippen LogP contribution in [0.1, 0.15) is 10.4 Å². The van der Waals surface area contributed by atoms with Crippen LogP contribution in [0.3, 0.4) is 0 Å². The lowest BCUT2D eigenvalue weighted by Crippen LogP contribution is -2.48. The molecule has 0 bridgehead atoms. The zero-order valence-corrected chi connectivity index (χ0v) is 18.2. The van der Waals surface area contributed by atoms with Crippen LogP contribution in [0.25, 0.3) is 22.9 Å². The van der Waals surface area contributed by atoms with Gasteiger partial charge in [-0.15, -0.1) is 10.2 Å². The van der Waals surface area contributed by atoms with Gasteiger partial charge in [-0.05, 0) is 48.5 Å². The minimum absolute atomic E-state index is 0.0367. The second-order valence-corrected chi connectivity index (χ2v) is 7.91. The van der Waals surface area contributed by atoms with Gasteiger partial charge < -0.3 is 14.2 Å². The molecule has 0 saturated carbocycles. The Balaban J connectivity index is 1.21. The van der Waals surface area contributed by atoms with Crippen LogP contribution >= 0.6 is 0 Å². The summed E-state index contributed by atoms with van der Waals surface area (Å²) in [6.07, 6.45) is 0. The van der Waals surface area contributed by atoms with Crippen molar-refractivity contribution in [2.45, 2.75) is 0 Å². The first-order valence-electron chi connectivity index (χ1n) is 10.9. The predicted molar refractivity (Wildman–Crippen MR) is 126 cm³/mol. The van der Waals surface area contributed by atoms with Crippen molar-refractivity contribution >= 4 is 17.3 Å². The highest BCUT2D eigenvalue weighted by Crippen LogP contribution is 2.25. The molecule has 5 rings (SSSR count). The Hall–Kier alpha value is -4.53. The van der Waals surface area contributed by atoms with Crippen molar-refractivity contribution in [2.24, 2.45) is 0 Å². The zero-order valence-electron chi connectivity index (χ0n) is 18.2. The molecule has 170 valence electrons. The summed E-state index contributed by atoms with van der Waals surface area (Å²) in [5.74, 6) is 0.807. The topological polar surface area (TPSA) is 106 Å². The number of piperazine rings is 1. The van der Waals surface area contributed by atoms with Gasteiger partial charge in [0.2, 0.25) is 11.8 Å². The van der Waals surface area contributed by atoms with Crippen molar-refractivity contribution in [1.82, 2.24) is 15.1 Å². The summed E-state index contributed by atoms with van der Waals surface area (Å²) < 4.78 is 5.79. The van der Waals surface area contributed by atoms with Crippen LogP contribution in [0, 0.1) is 10.1 Å². The van der Waals surface area contributed by atoms with E-state index < -0.39 is 4.92 Å². The number of aromatic nitrogens is 2. The van der Waals surface area contributed by atoms with E-state index in [2.05, 4.69) is 15.1 Å². The number of carbonyl (C=O) groups is 1. The monoisotopic (exact) mass is 455 g/mol. The van der Waals surface area contributed by atoms with Crippen LogP contribution in [0.5, 0.6) is 0 Å². The molecule has 4 aromatic rings. The molecule has 1 aliphatic rings. The Bertz CT molecular complexity index is 1300. The number of hydrogen-bond acceptors (Lipinski definition) is 7. The first-order valence-corrected chi connectivity index (χ1v) is 10.9. The van der Waals surface area contributed by atoms with Gasteiger partial charge in [0.15, 0.2) is 0 Å². The molecule has 1 amide bonds. The Morgan fingerprint density at radius 3 is 1.97 bits per heavy atom. The van der Waals surface area contributed by atoms with Gasteiger partial charge in [0.05, 0.1) is 4.92 Å². The summed E-state index contributed by atoms with van der Waals surface area (Å²) in [6.45, 7) is 2.46. The molecular formula is C25H21N5O4. The predicted octanol–water partition coefficient (Wildman–Crippen LogP) is 4.27. The Morgan fingerprint density at radius 2 is 1.38 bits per heavy atom. The smallest absolute Gasteiger partial charge is 0.269 e. The van der Waals surface area contributed by atoms with Crippen molar-refractivity contribution in [2.75, 3.05) is 31.1 Å². The molecule has 2 heterocycles. The van der Waals surface area contributed by atoms with Crippen LogP contribution in [-0.4, -0.2) is 52.1 Å². The quantitative estimate of drug-likeness (QED) is 0.327. The fourth-order valence-corrected chi connectivity index (χ4v) is 3.93. The van der Waals surface area contributed by atoms with Crippen LogP contribution in [0.15, 0.2) is 83.3 Å². The lowest BCUT2D eigenvalue weighted by molar-refractivity contribution is -0.384. The van der Waals surface area contributed by atoms with Gasteiger partial charge >= 0.3 is 0 Å². The second-order valence-electron chi connectivity index (χ2n) is 7.91. The lowest BCUT2D eigenvalue weighted by Gasteiger charge is -2.36. The fraction of sp³-hybridized carbons (Fsp3) is 0.160. The van der Waals surface area contributed by atoms with Gasteiger partial charge in [-0.1, -0.05) is 18.2 Å². The Morgan fingerprint density at radius 1 is 0.794 bits per heavy atom. The van der Waals surface area contributed by atoms with Crippen molar-refractivity contribution in [3.8, 4) is 22.9 Å². The average Bonchev–Trinajstić information content (AvgIpc) is 3.40. The second kappa shape index (κ2) is 9.14. The highest BCUT2D eigenvalue weighted by atomic mass is 16.6. The summed E-state index contributed by atoms with van der Waals surface area (Å²) in [7, 11) is 0.